The van der Waals surface area contributed by atoms with Crippen LogP contribution in [0.25, 0.3) is 0 Å². The maximum atomic E-state index is 11.7. The number of ether oxygens (including phenoxy) is 1. The van der Waals surface area contributed by atoms with E-state index in [0.29, 0.717) is 11.5 Å². The number of amides is 1. The molecule has 1 aromatic carbocycles. The molecule has 1 amide bonds. The minimum Gasteiger partial charge on any atom is -0.447 e. The van der Waals surface area contributed by atoms with E-state index in [1.807, 2.05) is 13.8 Å². The standard InChI is InChI=1S/C19H25N5O4S/c1-12(2)28-19(25)24-15-4-3-13(9-15)17-10-22-18(11-21-17)23-14-5-7-16(8-6-14)29(20,26)27/h5-8,10-13,15H,3-4,9H2,1-2H3,(H,22,23)(H,24,25)(H2,20,26,27)/t13-,15+/m0/s1. The van der Waals surface area contributed by atoms with Crippen LogP contribution in [-0.4, -0.2) is 36.6 Å². The van der Waals surface area contributed by atoms with Crippen molar-refractivity contribution in [2.75, 3.05) is 5.32 Å². The SMILES string of the molecule is CC(C)OC(=O)N[C@@H]1CC[C@H](c2cnc(Nc3ccc(S(N)(=O)=O)cc3)cn2)C1. The zero-order valence-corrected chi connectivity index (χ0v) is 17.1. The molecule has 2 atom stereocenters. The van der Waals surface area contributed by atoms with E-state index >= 15 is 0 Å². The van der Waals surface area contributed by atoms with Gasteiger partial charge in [0.25, 0.3) is 0 Å². The van der Waals surface area contributed by atoms with Gasteiger partial charge in [-0.05, 0) is 57.4 Å². The summed E-state index contributed by atoms with van der Waals surface area (Å²) < 4.78 is 27.7. The Kier molecular flexibility index (Phi) is 6.33. The van der Waals surface area contributed by atoms with Crippen molar-refractivity contribution in [3.63, 3.8) is 0 Å². The normalized spacial score (nSPS) is 19.2. The Balaban J connectivity index is 1.56. The Morgan fingerprint density at radius 2 is 1.90 bits per heavy atom. The number of aromatic nitrogens is 2. The summed E-state index contributed by atoms with van der Waals surface area (Å²) in [6.45, 7) is 3.63. The zero-order valence-electron chi connectivity index (χ0n) is 16.3. The predicted octanol–water partition coefficient (Wildman–Crippen LogP) is 2.64. The smallest absolute Gasteiger partial charge is 0.407 e. The molecule has 0 saturated heterocycles. The number of hydrogen-bond acceptors (Lipinski definition) is 7. The molecule has 1 aliphatic rings. The molecule has 0 unspecified atom stereocenters. The van der Waals surface area contributed by atoms with E-state index in [2.05, 4.69) is 20.6 Å². The third-order valence-corrected chi connectivity index (χ3v) is 5.57. The molecule has 1 saturated carbocycles. The molecule has 10 heteroatoms. The van der Waals surface area contributed by atoms with Gasteiger partial charge < -0.3 is 15.4 Å². The van der Waals surface area contributed by atoms with E-state index < -0.39 is 10.0 Å². The number of alkyl carbamates (subject to hydrolysis) is 1. The minimum absolute atomic E-state index is 0.0474. The van der Waals surface area contributed by atoms with Gasteiger partial charge in [-0.25, -0.2) is 23.3 Å². The number of hydrogen-bond donors (Lipinski definition) is 3. The number of primary sulfonamides is 1. The van der Waals surface area contributed by atoms with E-state index in [4.69, 9.17) is 9.88 Å². The lowest BCUT2D eigenvalue weighted by atomic mass is 10.0. The zero-order chi connectivity index (χ0) is 21.0. The number of rotatable bonds is 6. The van der Waals surface area contributed by atoms with Gasteiger partial charge in [-0.2, -0.15) is 0 Å². The molecule has 3 rings (SSSR count). The molecule has 29 heavy (non-hydrogen) atoms. The molecule has 1 aromatic heterocycles. The number of nitrogens with two attached hydrogens (primary N) is 1. The first-order valence-electron chi connectivity index (χ1n) is 9.39. The second kappa shape index (κ2) is 8.75. The van der Waals surface area contributed by atoms with Gasteiger partial charge >= 0.3 is 6.09 Å². The van der Waals surface area contributed by atoms with Gasteiger partial charge in [-0.15, -0.1) is 0 Å². The van der Waals surface area contributed by atoms with Crippen molar-refractivity contribution in [1.82, 2.24) is 15.3 Å². The van der Waals surface area contributed by atoms with Crippen molar-refractivity contribution in [1.29, 1.82) is 0 Å². The molecule has 1 heterocycles. The lowest BCUT2D eigenvalue weighted by molar-refractivity contribution is 0.112. The number of anilines is 2. The summed E-state index contributed by atoms with van der Waals surface area (Å²) in [5, 5.41) is 11.1. The highest BCUT2D eigenvalue weighted by Crippen LogP contribution is 2.33. The van der Waals surface area contributed by atoms with Crippen LogP contribution in [0, 0.1) is 0 Å². The number of carbonyl (C=O) groups is 1. The second-order valence-corrected chi connectivity index (χ2v) is 8.89. The summed E-state index contributed by atoms with van der Waals surface area (Å²) >= 11 is 0. The van der Waals surface area contributed by atoms with Crippen molar-refractivity contribution >= 4 is 27.6 Å². The molecule has 2 aromatic rings. The number of sulfonamides is 1. The maximum absolute atomic E-state index is 11.7. The first-order chi connectivity index (χ1) is 13.7. The fourth-order valence-electron chi connectivity index (χ4n) is 3.29. The Morgan fingerprint density at radius 1 is 1.17 bits per heavy atom. The van der Waals surface area contributed by atoms with Crippen LogP contribution in [-0.2, 0) is 14.8 Å². The third kappa shape index (κ3) is 5.88. The van der Waals surface area contributed by atoms with Gasteiger partial charge in [0.2, 0.25) is 10.0 Å². The molecule has 9 nitrogen and oxygen atoms in total. The van der Waals surface area contributed by atoms with Crippen LogP contribution in [0.3, 0.4) is 0 Å². The van der Waals surface area contributed by atoms with Gasteiger partial charge in [0.1, 0.15) is 5.82 Å². The van der Waals surface area contributed by atoms with Crippen LogP contribution in [0.1, 0.15) is 44.7 Å². The summed E-state index contributed by atoms with van der Waals surface area (Å²) in [4.78, 5) is 20.7. The van der Waals surface area contributed by atoms with Crippen LogP contribution < -0.4 is 15.8 Å². The van der Waals surface area contributed by atoms with Crippen molar-refractivity contribution in [3.8, 4) is 0 Å². The Morgan fingerprint density at radius 3 is 2.48 bits per heavy atom. The van der Waals surface area contributed by atoms with Crippen molar-refractivity contribution in [2.24, 2.45) is 5.14 Å². The van der Waals surface area contributed by atoms with Gasteiger partial charge in [-0.3, -0.25) is 4.98 Å². The molecular weight excluding hydrogens is 394 g/mol. The number of nitrogens with one attached hydrogen (secondary N) is 2. The average Bonchev–Trinajstić information content (AvgIpc) is 3.09. The van der Waals surface area contributed by atoms with E-state index in [-0.39, 0.29) is 29.1 Å². The number of benzene rings is 1. The summed E-state index contributed by atoms with van der Waals surface area (Å²) in [6, 6.07) is 6.14. The molecule has 0 aliphatic heterocycles. The van der Waals surface area contributed by atoms with Crippen LogP contribution >= 0.6 is 0 Å². The summed E-state index contributed by atoms with van der Waals surface area (Å²) in [7, 11) is -3.72. The van der Waals surface area contributed by atoms with E-state index in [0.717, 1.165) is 25.0 Å². The molecule has 0 spiro atoms. The Bertz CT molecular complexity index is 946. The highest BCUT2D eigenvalue weighted by atomic mass is 32.2. The van der Waals surface area contributed by atoms with E-state index in [1.165, 1.54) is 12.1 Å². The van der Waals surface area contributed by atoms with Gasteiger partial charge in [0, 0.05) is 17.6 Å². The van der Waals surface area contributed by atoms with Crippen LogP contribution in [0.5, 0.6) is 0 Å². The monoisotopic (exact) mass is 419 g/mol. The number of nitrogens with zero attached hydrogens (tertiary/aromatic N) is 2. The molecule has 0 radical (unpaired) electrons. The highest BCUT2D eigenvalue weighted by Gasteiger charge is 2.28. The van der Waals surface area contributed by atoms with Crippen LogP contribution in [0.15, 0.2) is 41.6 Å². The van der Waals surface area contributed by atoms with Crippen molar-refractivity contribution in [2.45, 2.75) is 56.1 Å². The Hall–Kier alpha value is -2.72. The fourth-order valence-corrected chi connectivity index (χ4v) is 3.80. The minimum atomic E-state index is -3.72. The van der Waals surface area contributed by atoms with Crippen LogP contribution in [0.4, 0.5) is 16.3 Å². The van der Waals surface area contributed by atoms with E-state index in [9.17, 15) is 13.2 Å². The van der Waals surface area contributed by atoms with Crippen LogP contribution in [0.2, 0.25) is 0 Å². The molecular formula is C19H25N5O4S. The molecule has 156 valence electrons. The fraction of sp³-hybridized carbons (Fsp3) is 0.421. The predicted molar refractivity (Wildman–Crippen MR) is 108 cm³/mol. The summed E-state index contributed by atoms with van der Waals surface area (Å²) in [6.07, 6.45) is 5.42. The largest absolute Gasteiger partial charge is 0.447 e. The number of carbonyl (C=O) groups excluding carboxylic acids is 1. The van der Waals surface area contributed by atoms with Gasteiger partial charge in [0.15, 0.2) is 0 Å². The summed E-state index contributed by atoms with van der Waals surface area (Å²) in [5.41, 5.74) is 1.55. The maximum Gasteiger partial charge on any atom is 0.407 e. The molecule has 1 aliphatic carbocycles. The van der Waals surface area contributed by atoms with Gasteiger partial charge in [-0.1, -0.05) is 0 Å². The summed E-state index contributed by atoms with van der Waals surface area (Å²) in [5.74, 6) is 0.778. The van der Waals surface area contributed by atoms with Crippen molar-refractivity contribution < 1.29 is 17.9 Å². The average molecular weight is 420 g/mol. The van der Waals surface area contributed by atoms with Gasteiger partial charge in [0.05, 0.1) is 29.1 Å². The topological polar surface area (TPSA) is 136 Å². The third-order valence-electron chi connectivity index (χ3n) is 4.64. The molecule has 1 fully saturated rings. The van der Waals surface area contributed by atoms with Crippen molar-refractivity contribution in [3.05, 3.63) is 42.4 Å². The van der Waals surface area contributed by atoms with E-state index in [1.54, 1.807) is 24.5 Å². The first-order valence-corrected chi connectivity index (χ1v) is 10.9. The Labute approximate surface area is 170 Å². The first kappa shape index (κ1) is 21.0. The molecule has 0 bridgehead atoms. The lowest BCUT2D eigenvalue weighted by Gasteiger charge is -2.15. The highest BCUT2D eigenvalue weighted by molar-refractivity contribution is 7.89. The quantitative estimate of drug-likeness (QED) is 0.654. The molecule has 4 N–H and O–H groups in total. The second-order valence-electron chi connectivity index (χ2n) is 7.33. The lowest BCUT2D eigenvalue weighted by Crippen LogP contribution is -2.34.